The van der Waals surface area contributed by atoms with Gasteiger partial charge in [0.25, 0.3) is 0 Å². The van der Waals surface area contributed by atoms with Crippen LogP contribution in [0.4, 0.5) is 0 Å². The lowest BCUT2D eigenvalue weighted by Crippen LogP contribution is -2.26. The summed E-state index contributed by atoms with van der Waals surface area (Å²) in [5, 5.41) is 2.54. The molecule has 0 saturated heterocycles. The minimum atomic E-state index is -0.426. The van der Waals surface area contributed by atoms with Gasteiger partial charge in [0.1, 0.15) is 0 Å². The number of hydrogen-bond acceptors (Lipinski definition) is 3. The van der Waals surface area contributed by atoms with Crippen LogP contribution in [0.25, 0.3) is 89.4 Å². The molecule has 0 aliphatic heterocycles. The fraction of sp³-hybridized carbons (Fsp3) is 0.0179. The van der Waals surface area contributed by atoms with Gasteiger partial charge in [-0.15, -0.1) is 0 Å². The van der Waals surface area contributed by atoms with Crippen molar-refractivity contribution in [1.82, 2.24) is 15.0 Å². The van der Waals surface area contributed by atoms with Gasteiger partial charge in [0.2, 0.25) is 0 Å². The monoisotopic (exact) mass is 749 g/mol. The lowest BCUT2D eigenvalue weighted by atomic mass is 9.69. The summed E-state index contributed by atoms with van der Waals surface area (Å²) < 4.78 is 0. The molecule has 2 aliphatic rings. The Balaban J connectivity index is 1.00. The average molecular weight is 750 g/mol. The topological polar surface area (TPSA) is 38.7 Å². The van der Waals surface area contributed by atoms with Crippen LogP contribution in [0.3, 0.4) is 0 Å². The van der Waals surface area contributed by atoms with E-state index in [4.69, 9.17) is 15.0 Å². The predicted molar refractivity (Wildman–Crippen MR) is 241 cm³/mol. The highest BCUT2D eigenvalue weighted by atomic mass is 15.0. The van der Waals surface area contributed by atoms with E-state index in [0.29, 0.717) is 17.5 Å². The molecule has 0 saturated carbocycles. The molecule has 0 fully saturated rings. The first kappa shape index (κ1) is 33.4. The molecule has 0 N–H and O–H groups in total. The van der Waals surface area contributed by atoms with Gasteiger partial charge in [0.15, 0.2) is 17.5 Å². The number of rotatable bonds is 5. The Morgan fingerprint density at radius 3 is 1.37 bits per heavy atom. The van der Waals surface area contributed by atoms with Crippen LogP contribution in [0.1, 0.15) is 22.3 Å². The lowest BCUT2D eigenvalue weighted by Gasteiger charge is -2.31. The van der Waals surface area contributed by atoms with Gasteiger partial charge < -0.3 is 0 Å². The standard InChI is InChI=1S/C56H35N3/c1-3-16-38(17-4-1)53-57-54(39-18-5-2-6-19-39)59-55(58-53)42-22-15-21-40(34-42)36-30-32-37(33-31-36)47-35-41-20-7-8-23-43(41)52-51(47)46-26-11-14-29-50(46)56(52)48-27-12-9-24-44(48)45-25-10-13-28-49(45)56/h1-35H. The highest BCUT2D eigenvalue weighted by Crippen LogP contribution is 2.65. The van der Waals surface area contributed by atoms with E-state index >= 15 is 0 Å². The summed E-state index contributed by atoms with van der Waals surface area (Å²) in [5.41, 5.74) is 17.8. The van der Waals surface area contributed by atoms with Crippen LogP contribution in [0, 0.1) is 0 Å². The molecule has 0 unspecified atom stereocenters. The van der Waals surface area contributed by atoms with E-state index in [1.54, 1.807) is 0 Å². The van der Waals surface area contributed by atoms with Gasteiger partial charge in [-0.05, 0) is 89.7 Å². The second-order valence-electron chi connectivity index (χ2n) is 15.5. The molecule has 2 aliphatic carbocycles. The first-order valence-electron chi connectivity index (χ1n) is 20.2. The van der Waals surface area contributed by atoms with E-state index in [2.05, 4.69) is 152 Å². The molecule has 0 atom stereocenters. The van der Waals surface area contributed by atoms with Crippen LogP contribution in [0.15, 0.2) is 212 Å². The van der Waals surface area contributed by atoms with Crippen LogP contribution in [0.2, 0.25) is 0 Å². The Hall–Kier alpha value is -7.75. The Morgan fingerprint density at radius 1 is 0.288 bits per heavy atom. The third-order valence-corrected chi connectivity index (χ3v) is 12.3. The maximum atomic E-state index is 5.00. The van der Waals surface area contributed by atoms with Crippen LogP contribution in [-0.4, -0.2) is 15.0 Å². The van der Waals surface area contributed by atoms with E-state index in [0.717, 1.165) is 27.8 Å². The Kier molecular flexibility index (Phi) is 7.45. The SMILES string of the molecule is c1ccc(-c2nc(-c3ccccc3)nc(-c3cccc(-c4ccc(-c5cc6ccccc6c6c5-c5ccccc5C65c6ccccc6-c6ccccc65)cc4)c3)n2)cc1. The molecule has 3 heteroatoms. The van der Waals surface area contributed by atoms with Gasteiger partial charge in [0, 0.05) is 16.7 Å². The summed E-state index contributed by atoms with van der Waals surface area (Å²) in [5.74, 6) is 1.95. The molecule has 10 aromatic rings. The number of hydrogen-bond donors (Lipinski definition) is 0. The second-order valence-corrected chi connectivity index (χ2v) is 15.5. The fourth-order valence-corrected chi connectivity index (χ4v) is 9.82. The van der Waals surface area contributed by atoms with Gasteiger partial charge in [0.05, 0.1) is 5.41 Å². The molecule has 12 rings (SSSR count). The quantitative estimate of drug-likeness (QED) is 0.176. The molecule has 1 aromatic heterocycles. The number of nitrogens with zero attached hydrogens (tertiary/aromatic N) is 3. The molecule has 59 heavy (non-hydrogen) atoms. The van der Waals surface area contributed by atoms with Crippen molar-refractivity contribution in [1.29, 1.82) is 0 Å². The molecule has 0 radical (unpaired) electrons. The van der Waals surface area contributed by atoms with Crippen LogP contribution in [-0.2, 0) is 5.41 Å². The second kappa shape index (κ2) is 13.2. The molecule has 3 nitrogen and oxygen atoms in total. The van der Waals surface area contributed by atoms with Crippen LogP contribution < -0.4 is 0 Å². The van der Waals surface area contributed by atoms with Crippen molar-refractivity contribution in [2.45, 2.75) is 5.41 Å². The van der Waals surface area contributed by atoms with Gasteiger partial charge >= 0.3 is 0 Å². The first-order chi connectivity index (χ1) is 29.3. The van der Waals surface area contributed by atoms with Crippen molar-refractivity contribution >= 4 is 10.8 Å². The summed E-state index contributed by atoms with van der Waals surface area (Å²) in [4.78, 5) is 14.9. The van der Waals surface area contributed by atoms with Crippen molar-refractivity contribution in [3.05, 3.63) is 235 Å². The molecule has 1 heterocycles. The average Bonchev–Trinajstić information content (AvgIpc) is 3.80. The molecule has 274 valence electrons. The van der Waals surface area contributed by atoms with E-state index < -0.39 is 5.41 Å². The summed E-state index contributed by atoms with van der Waals surface area (Å²) in [6.45, 7) is 0. The third kappa shape index (κ3) is 5.05. The zero-order valence-electron chi connectivity index (χ0n) is 32.0. The fourth-order valence-electron chi connectivity index (χ4n) is 9.82. The summed E-state index contributed by atoms with van der Waals surface area (Å²) in [6, 6.07) is 76.4. The van der Waals surface area contributed by atoms with Crippen molar-refractivity contribution in [2.24, 2.45) is 0 Å². The van der Waals surface area contributed by atoms with E-state index in [1.807, 2.05) is 60.7 Å². The minimum Gasteiger partial charge on any atom is -0.208 e. The molecule has 1 spiro atoms. The lowest BCUT2D eigenvalue weighted by molar-refractivity contribution is 0.801. The van der Waals surface area contributed by atoms with E-state index in [-0.39, 0.29) is 0 Å². The largest absolute Gasteiger partial charge is 0.208 e. The number of fused-ring (bicyclic) bond motifs is 12. The Morgan fingerprint density at radius 2 is 0.746 bits per heavy atom. The van der Waals surface area contributed by atoms with E-state index in [1.165, 1.54) is 66.4 Å². The highest BCUT2D eigenvalue weighted by Gasteiger charge is 2.52. The highest BCUT2D eigenvalue weighted by molar-refractivity contribution is 6.09. The van der Waals surface area contributed by atoms with Gasteiger partial charge in [-0.3, -0.25) is 0 Å². The zero-order valence-corrected chi connectivity index (χ0v) is 32.0. The number of aromatic nitrogens is 3. The predicted octanol–water partition coefficient (Wildman–Crippen LogP) is 13.7. The van der Waals surface area contributed by atoms with Crippen molar-refractivity contribution in [3.8, 4) is 78.7 Å². The molecule has 0 amide bonds. The summed E-state index contributed by atoms with van der Waals surface area (Å²) >= 11 is 0. The summed E-state index contributed by atoms with van der Waals surface area (Å²) in [6.07, 6.45) is 0. The van der Waals surface area contributed by atoms with Crippen LogP contribution in [0.5, 0.6) is 0 Å². The molecule has 9 aromatic carbocycles. The first-order valence-corrected chi connectivity index (χ1v) is 20.2. The van der Waals surface area contributed by atoms with E-state index in [9.17, 15) is 0 Å². The Labute approximate surface area is 343 Å². The zero-order chi connectivity index (χ0) is 38.9. The number of benzene rings is 9. The maximum absolute atomic E-state index is 5.00. The van der Waals surface area contributed by atoms with Gasteiger partial charge in [-0.1, -0.05) is 200 Å². The Bertz CT molecular complexity index is 3160. The molecular formula is C56H35N3. The van der Waals surface area contributed by atoms with Crippen molar-refractivity contribution < 1.29 is 0 Å². The van der Waals surface area contributed by atoms with Crippen molar-refractivity contribution in [3.63, 3.8) is 0 Å². The van der Waals surface area contributed by atoms with Gasteiger partial charge in [-0.2, -0.15) is 0 Å². The smallest absolute Gasteiger partial charge is 0.164 e. The molecular weight excluding hydrogens is 715 g/mol. The summed E-state index contributed by atoms with van der Waals surface area (Å²) in [7, 11) is 0. The van der Waals surface area contributed by atoms with Gasteiger partial charge in [-0.25, -0.2) is 15.0 Å². The normalized spacial score (nSPS) is 12.9. The van der Waals surface area contributed by atoms with Crippen molar-refractivity contribution in [2.75, 3.05) is 0 Å². The maximum Gasteiger partial charge on any atom is 0.164 e. The van der Waals surface area contributed by atoms with Crippen LogP contribution >= 0.6 is 0 Å². The third-order valence-electron chi connectivity index (χ3n) is 12.3. The molecule has 0 bridgehead atoms. The minimum absolute atomic E-state index is 0.426.